The van der Waals surface area contributed by atoms with Crippen LogP contribution < -0.4 is 0 Å². The Bertz CT molecular complexity index is 476. The molecule has 0 aromatic carbocycles. The summed E-state index contributed by atoms with van der Waals surface area (Å²) >= 11 is 0. The van der Waals surface area contributed by atoms with Gasteiger partial charge in [-0.25, -0.2) is 0 Å². The topological polar surface area (TPSA) is 29.5 Å². The number of likely N-dealkylation sites (N-methyl/N-ethyl adjacent to an activating group) is 1. The van der Waals surface area contributed by atoms with Crippen LogP contribution in [0.25, 0.3) is 0 Å². The molecule has 0 N–H and O–H groups in total. The van der Waals surface area contributed by atoms with E-state index in [0.717, 1.165) is 30.1 Å². The summed E-state index contributed by atoms with van der Waals surface area (Å²) < 4.78 is 6.40. The molecule has 0 aromatic heterocycles. The summed E-state index contributed by atoms with van der Waals surface area (Å²) in [6.07, 6.45) is 9.23. The highest BCUT2D eigenvalue weighted by atomic mass is 16.5. The van der Waals surface area contributed by atoms with Gasteiger partial charge in [0.25, 0.3) is 0 Å². The zero-order chi connectivity index (χ0) is 14.6. The lowest BCUT2D eigenvalue weighted by molar-refractivity contribution is -0.123. The first kappa shape index (κ1) is 13.8. The monoisotopic (exact) mass is 289 g/mol. The van der Waals surface area contributed by atoms with Gasteiger partial charge in [-0.3, -0.25) is 9.69 Å². The van der Waals surface area contributed by atoms with Crippen LogP contribution in [0, 0.1) is 11.8 Å². The largest absolute Gasteiger partial charge is 0.493 e. The molecule has 3 heterocycles. The predicted molar refractivity (Wildman–Crippen MR) is 81.8 cm³/mol. The Balaban J connectivity index is 1.54. The molecule has 4 rings (SSSR count). The third-order valence-electron chi connectivity index (χ3n) is 6.46. The van der Waals surface area contributed by atoms with Gasteiger partial charge >= 0.3 is 0 Å². The van der Waals surface area contributed by atoms with Crippen molar-refractivity contribution in [3.05, 3.63) is 11.3 Å². The van der Waals surface area contributed by atoms with Gasteiger partial charge in [-0.05, 0) is 44.6 Å². The van der Waals surface area contributed by atoms with E-state index in [4.69, 9.17) is 4.74 Å². The van der Waals surface area contributed by atoms with Crippen LogP contribution in [0.2, 0.25) is 0 Å². The molecular weight excluding hydrogens is 262 g/mol. The fraction of sp³-hybridized carbons (Fsp3) is 0.833. The Morgan fingerprint density at radius 1 is 1.05 bits per heavy atom. The van der Waals surface area contributed by atoms with Gasteiger partial charge < -0.3 is 4.74 Å². The molecule has 3 aliphatic heterocycles. The SMILES string of the molecule is CC1CCC([C@@H]2CC(=O)C3=C(C[C@H]4CCC3N4C)O2)CC1. The highest BCUT2D eigenvalue weighted by Crippen LogP contribution is 2.44. The Kier molecular flexibility index (Phi) is 3.36. The van der Waals surface area contributed by atoms with Crippen molar-refractivity contribution in [3.63, 3.8) is 0 Å². The van der Waals surface area contributed by atoms with Crippen LogP contribution >= 0.6 is 0 Å². The summed E-state index contributed by atoms with van der Waals surface area (Å²) in [5.74, 6) is 2.92. The molecule has 0 spiro atoms. The molecule has 0 radical (unpaired) electrons. The van der Waals surface area contributed by atoms with E-state index in [-0.39, 0.29) is 6.10 Å². The van der Waals surface area contributed by atoms with E-state index < -0.39 is 0 Å². The van der Waals surface area contributed by atoms with E-state index in [9.17, 15) is 4.79 Å². The lowest BCUT2D eigenvalue weighted by Crippen LogP contribution is -2.45. The Morgan fingerprint density at radius 2 is 1.81 bits per heavy atom. The Morgan fingerprint density at radius 3 is 2.57 bits per heavy atom. The summed E-state index contributed by atoms with van der Waals surface area (Å²) in [7, 11) is 2.17. The van der Waals surface area contributed by atoms with Crippen LogP contribution in [-0.4, -0.2) is 35.9 Å². The molecule has 1 saturated heterocycles. The first-order valence-corrected chi connectivity index (χ1v) is 8.78. The van der Waals surface area contributed by atoms with Crippen molar-refractivity contribution < 1.29 is 9.53 Å². The maximum atomic E-state index is 12.7. The summed E-state index contributed by atoms with van der Waals surface area (Å²) in [5, 5.41) is 0. The third kappa shape index (κ3) is 2.25. The van der Waals surface area contributed by atoms with Crippen molar-refractivity contribution in [2.24, 2.45) is 11.8 Å². The second kappa shape index (κ2) is 5.12. The number of ketones is 1. The molecule has 3 heteroatoms. The molecule has 2 bridgehead atoms. The predicted octanol–water partition coefficient (Wildman–Crippen LogP) is 3.29. The fourth-order valence-corrected chi connectivity index (χ4v) is 5.01. The number of hydrogen-bond acceptors (Lipinski definition) is 3. The van der Waals surface area contributed by atoms with Crippen LogP contribution in [0.5, 0.6) is 0 Å². The molecule has 21 heavy (non-hydrogen) atoms. The van der Waals surface area contributed by atoms with Crippen molar-refractivity contribution in [1.82, 2.24) is 4.90 Å². The second-order valence-electron chi connectivity index (χ2n) is 7.76. The summed E-state index contributed by atoms with van der Waals surface area (Å²) in [6, 6.07) is 0.949. The van der Waals surface area contributed by atoms with Gasteiger partial charge in [0.15, 0.2) is 5.78 Å². The molecule has 116 valence electrons. The van der Waals surface area contributed by atoms with E-state index in [1.165, 1.54) is 32.1 Å². The smallest absolute Gasteiger partial charge is 0.167 e. The molecule has 3 atom stereocenters. The number of fused-ring (bicyclic) bond motifs is 3. The molecule has 4 aliphatic rings. The van der Waals surface area contributed by atoms with Crippen LogP contribution in [0.1, 0.15) is 58.3 Å². The van der Waals surface area contributed by atoms with Crippen molar-refractivity contribution in [1.29, 1.82) is 0 Å². The van der Waals surface area contributed by atoms with Crippen molar-refractivity contribution in [2.75, 3.05) is 7.05 Å². The van der Waals surface area contributed by atoms with Crippen molar-refractivity contribution in [2.45, 2.75) is 76.5 Å². The quantitative estimate of drug-likeness (QED) is 0.742. The van der Waals surface area contributed by atoms with E-state index in [1.807, 2.05) is 0 Å². The Hall–Kier alpha value is -0.830. The zero-order valence-electron chi connectivity index (χ0n) is 13.3. The van der Waals surface area contributed by atoms with Crippen molar-refractivity contribution >= 4 is 5.78 Å². The number of carbonyl (C=O) groups is 1. The standard InChI is InChI=1S/C18H27NO2/c1-11-3-5-12(6-4-11)16-10-15(20)18-14-8-7-13(19(14)2)9-17(18)21-16/h11-14,16H,3-10H2,1-2H3/t11?,12?,13-,14?,16+/m1/s1. The minimum absolute atomic E-state index is 0.173. The number of Topliss-reactive ketones (excluding diaryl/α,β-unsaturated/α-hetero) is 1. The highest BCUT2D eigenvalue weighted by molar-refractivity contribution is 5.98. The fourth-order valence-electron chi connectivity index (χ4n) is 5.01. The number of hydrogen-bond donors (Lipinski definition) is 0. The minimum Gasteiger partial charge on any atom is -0.493 e. The number of ether oxygens (including phenoxy) is 1. The van der Waals surface area contributed by atoms with E-state index in [0.29, 0.717) is 30.2 Å². The molecule has 0 amide bonds. The second-order valence-corrected chi connectivity index (χ2v) is 7.76. The normalized spacial score (nSPS) is 43.7. The molecule has 3 nitrogen and oxygen atoms in total. The van der Waals surface area contributed by atoms with E-state index >= 15 is 0 Å². The van der Waals surface area contributed by atoms with Crippen LogP contribution in [0.3, 0.4) is 0 Å². The summed E-state index contributed by atoms with van der Waals surface area (Å²) in [4.78, 5) is 15.1. The summed E-state index contributed by atoms with van der Waals surface area (Å²) in [5.41, 5.74) is 1.03. The number of nitrogens with zero attached hydrogens (tertiary/aromatic N) is 1. The number of carbonyl (C=O) groups excluding carboxylic acids is 1. The van der Waals surface area contributed by atoms with Crippen LogP contribution in [-0.2, 0) is 9.53 Å². The van der Waals surface area contributed by atoms with E-state index in [2.05, 4.69) is 18.9 Å². The lowest BCUT2D eigenvalue weighted by atomic mass is 9.77. The van der Waals surface area contributed by atoms with Gasteiger partial charge in [-0.2, -0.15) is 0 Å². The molecular formula is C18H27NO2. The van der Waals surface area contributed by atoms with Gasteiger partial charge in [0.2, 0.25) is 0 Å². The Labute approximate surface area is 127 Å². The number of rotatable bonds is 1. The molecule has 2 fully saturated rings. The molecule has 0 aromatic rings. The maximum Gasteiger partial charge on any atom is 0.167 e. The maximum absolute atomic E-state index is 12.7. The molecule has 1 aliphatic carbocycles. The van der Waals surface area contributed by atoms with Gasteiger partial charge in [0.05, 0.1) is 5.57 Å². The average Bonchev–Trinajstić information content (AvgIpc) is 2.71. The molecule has 1 saturated carbocycles. The zero-order valence-corrected chi connectivity index (χ0v) is 13.3. The highest BCUT2D eigenvalue weighted by Gasteiger charge is 2.46. The van der Waals surface area contributed by atoms with Gasteiger partial charge in [0.1, 0.15) is 11.9 Å². The van der Waals surface area contributed by atoms with Crippen LogP contribution in [0.4, 0.5) is 0 Å². The molecule has 1 unspecified atom stereocenters. The third-order valence-corrected chi connectivity index (χ3v) is 6.46. The summed E-state index contributed by atoms with van der Waals surface area (Å²) in [6.45, 7) is 2.35. The van der Waals surface area contributed by atoms with Gasteiger partial charge in [-0.1, -0.05) is 19.8 Å². The first-order chi connectivity index (χ1) is 10.1. The first-order valence-electron chi connectivity index (χ1n) is 8.78. The minimum atomic E-state index is 0.173. The average molecular weight is 289 g/mol. The van der Waals surface area contributed by atoms with E-state index in [1.54, 1.807) is 0 Å². The van der Waals surface area contributed by atoms with Gasteiger partial charge in [0, 0.05) is 24.9 Å². The van der Waals surface area contributed by atoms with Crippen LogP contribution in [0.15, 0.2) is 11.3 Å². The van der Waals surface area contributed by atoms with Gasteiger partial charge in [-0.15, -0.1) is 0 Å². The van der Waals surface area contributed by atoms with Crippen molar-refractivity contribution in [3.8, 4) is 0 Å². The lowest BCUT2D eigenvalue weighted by Gasteiger charge is -2.41.